The zero-order chi connectivity index (χ0) is 14.4. The number of hydrogen-bond acceptors (Lipinski definition) is 4. The van der Waals surface area contributed by atoms with Gasteiger partial charge in [0.1, 0.15) is 10.0 Å². The standard InChI is InChI=1S/C16H23N3S/c1-4-10-17-15(13-8-6-5-7-9-13)16-19-18-14(20-16)11-12(2)3/h5-9,12,15,17H,4,10-11H2,1-3H3. The highest BCUT2D eigenvalue weighted by molar-refractivity contribution is 7.11. The molecule has 0 aliphatic heterocycles. The Bertz CT molecular complexity index is 507. The van der Waals surface area contributed by atoms with Gasteiger partial charge in [-0.05, 0) is 24.4 Å². The molecule has 1 N–H and O–H groups in total. The predicted molar refractivity (Wildman–Crippen MR) is 85.0 cm³/mol. The summed E-state index contributed by atoms with van der Waals surface area (Å²) in [4.78, 5) is 0. The monoisotopic (exact) mass is 289 g/mol. The van der Waals surface area contributed by atoms with Gasteiger partial charge in [0.2, 0.25) is 0 Å². The van der Waals surface area contributed by atoms with Gasteiger partial charge in [-0.15, -0.1) is 10.2 Å². The van der Waals surface area contributed by atoms with E-state index in [1.807, 2.05) is 6.07 Å². The van der Waals surface area contributed by atoms with Gasteiger partial charge in [-0.1, -0.05) is 62.4 Å². The summed E-state index contributed by atoms with van der Waals surface area (Å²) in [7, 11) is 0. The van der Waals surface area contributed by atoms with Crippen LogP contribution in [-0.4, -0.2) is 16.7 Å². The van der Waals surface area contributed by atoms with Crippen LogP contribution in [0.3, 0.4) is 0 Å². The fourth-order valence-corrected chi connectivity index (χ4v) is 3.26. The molecule has 0 fully saturated rings. The number of hydrogen-bond donors (Lipinski definition) is 1. The van der Waals surface area contributed by atoms with Crippen LogP contribution in [0.4, 0.5) is 0 Å². The minimum Gasteiger partial charge on any atom is -0.304 e. The lowest BCUT2D eigenvalue weighted by molar-refractivity contribution is 0.590. The van der Waals surface area contributed by atoms with Crippen molar-refractivity contribution in [1.82, 2.24) is 15.5 Å². The number of rotatable bonds is 7. The van der Waals surface area contributed by atoms with E-state index in [1.54, 1.807) is 11.3 Å². The van der Waals surface area contributed by atoms with E-state index in [9.17, 15) is 0 Å². The van der Waals surface area contributed by atoms with Crippen LogP contribution in [0.1, 0.15) is 48.8 Å². The van der Waals surface area contributed by atoms with Gasteiger partial charge in [0.15, 0.2) is 0 Å². The average molecular weight is 289 g/mol. The van der Waals surface area contributed by atoms with Gasteiger partial charge in [-0.25, -0.2) is 0 Å². The molecular formula is C16H23N3S. The highest BCUT2D eigenvalue weighted by atomic mass is 32.1. The van der Waals surface area contributed by atoms with E-state index < -0.39 is 0 Å². The molecule has 0 spiro atoms. The molecule has 1 aromatic carbocycles. The normalized spacial score (nSPS) is 12.8. The molecule has 1 atom stereocenters. The highest BCUT2D eigenvalue weighted by Gasteiger charge is 2.18. The number of benzene rings is 1. The average Bonchev–Trinajstić information content (AvgIpc) is 2.88. The van der Waals surface area contributed by atoms with E-state index in [2.05, 4.69) is 60.6 Å². The number of nitrogens with zero attached hydrogens (tertiary/aromatic N) is 2. The first kappa shape index (κ1) is 15.1. The first-order valence-corrected chi connectivity index (χ1v) is 8.13. The van der Waals surface area contributed by atoms with Crippen LogP contribution in [0.25, 0.3) is 0 Å². The van der Waals surface area contributed by atoms with E-state index in [0.29, 0.717) is 5.92 Å². The lowest BCUT2D eigenvalue weighted by Crippen LogP contribution is -2.23. The van der Waals surface area contributed by atoms with Gasteiger partial charge >= 0.3 is 0 Å². The fourth-order valence-electron chi connectivity index (χ4n) is 2.10. The minimum absolute atomic E-state index is 0.162. The lowest BCUT2D eigenvalue weighted by atomic mass is 10.1. The van der Waals surface area contributed by atoms with Crippen LogP contribution < -0.4 is 5.32 Å². The Balaban J connectivity index is 2.20. The SMILES string of the molecule is CCCNC(c1ccccc1)c1nnc(CC(C)C)s1. The smallest absolute Gasteiger partial charge is 0.139 e. The largest absolute Gasteiger partial charge is 0.304 e. The molecule has 0 saturated carbocycles. The summed E-state index contributed by atoms with van der Waals surface area (Å²) in [6.07, 6.45) is 2.12. The number of aromatic nitrogens is 2. The van der Waals surface area contributed by atoms with Crippen molar-refractivity contribution >= 4 is 11.3 Å². The number of nitrogens with one attached hydrogen (secondary N) is 1. The topological polar surface area (TPSA) is 37.8 Å². The zero-order valence-electron chi connectivity index (χ0n) is 12.5. The van der Waals surface area contributed by atoms with Crippen molar-refractivity contribution in [1.29, 1.82) is 0 Å². The molecule has 2 aromatic rings. The molecule has 3 nitrogen and oxygen atoms in total. The third kappa shape index (κ3) is 4.12. The van der Waals surface area contributed by atoms with Crippen LogP contribution in [0.15, 0.2) is 30.3 Å². The van der Waals surface area contributed by atoms with Gasteiger partial charge < -0.3 is 5.32 Å². The van der Waals surface area contributed by atoms with E-state index >= 15 is 0 Å². The van der Waals surface area contributed by atoms with Crippen LogP contribution in [0.5, 0.6) is 0 Å². The van der Waals surface area contributed by atoms with Gasteiger partial charge in [0.25, 0.3) is 0 Å². The molecule has 0 aliphatic rings. The maximum absolute atomic E-state index is 4.40. The van der Waals surface area contributed by atoms with Crippen molar-refractivity contribution in [2.45, 2.75) is 39.7 Å². The summed E-state index contributed by atoms with van der Waals surface area (Å²) >= 11 is 1.73. The van der Waals surface area contributed by atoms with Gasteiger partial charge in [-0.2, -0.15) is 0 Å². The second-order valence-electron chi connectivity index (χ2n) is 5.43. The molecule has 0 aliphatic carbocycles. The van der Waals surface area contributed by atoms with Crippen molar-refractivity contribution in [2.75, 3.05) is 6.54 Å². The summed E-state index contributed by atoms with van der Waals surface area (Å²) in [6.45, 7) is 7.59. The Morgan fingerprint density at radius 1 is 1.15 bits per heavy atom. The van der Waals surface area contributed by atoms with Gasteiger partial charge in [-0.3, -0.25) is 0 Å². The fraction of sp³-hybridized carbons (Fsp3) is 0.500. The molecule has 108 valence electrons. The third-order valence-electron chi connectivity index (χ3n) is 3.04. The zero-order valence-corrected chi connectivity index (χ0v) is 13.3. The minimum atomic E-state index is 0.162. The van der Waals surface area contributed by atoms with Crippen LogP contribution in [0.2, 0.25) is 0 Å². The Labute approximate surface area is 125 Å². The van der Waals surface area contributed by atoms with Crippen molar-refractivity contribution in [3.63, 3.8) is 0 Å². The van der Waals surface area contributed by atoms with E-state index in [-0.39, 0.29) is 6.04 Å². The maximum Gasteiger partial charge on any atom is 0.139 e. The van der Waals surface area contributed by atoms with Crippen LogP contribution in [0, 0.1) is 5.92 Å². The summed E-state index contributed by atoms with van der Waals surface area (Å²) < 4.78 is 0. The third-order valence-corrected chi connectivity index (χ3v) is 4.05. The summed E-state index contributed by atoms with van der Waals surface area (Å²) in [6, 6.07) is 10.7. The summed E-state index contributed by atoms with van der Waals surface area (Å²) in [5.41, 5.74) is 1.26. The molecule has 20 heavy (non-hydrogen) atoms. The van der Waals surface area contributed by atoms with E-state index in [1.165, 1.54) is 5.56 Å². The molecule has 1 unspecified atom stereocenters. The molecule has 2 rings (SSSR count). The van der Waals surface area contributed by atoms with Crippen molar-refractivity contribution in [2.24, 2.45) is 5.92 Å². The van der Waals surface area contributed by atoms with E-state index in [4.69, 9.17) is 0 Å². The molecular weight excluding hydrogens is 266 g/mol. The van der Waals surface area contributed by atoms with Crippen molar-refractivity contribution in [3.8, 4) is 0 Å². The quantitative estimate of drug-likeness (QED) is 0.842. The Hall–Kier alpha value is -1.26. The molecule has 1 heterocycles. The lowest BCUT2D eigenvalue weighted by Gasteiger charge is -2.15. The van der Waals surface area contributed by atoms with Gasteiger partial charge in [0, 0.05) is 6.42 Å². The maximum atomic E-state index is 4.40. The van der Waals surface area contributed by atoms with E-state index in [0.717, 1.165) is 29.4 Å². The van der Waals surface area contributed by atoms with Crippen LogP contribution >= 0.6 is 11.3 Å². The second kappa shape index (κ2) is 7.50. The highest BCUT2D eigenvalue weighted by Crippen LogP contribution is 2.26. The summed E-state index contributed by atoms with van der Waals surface area (Å²) in [5, 5.41) is 14.5. The molecule has 4 heteroatoms. The predicted octanol–water partition coefficient (Wildman–Crippen LogP) is 3.83. The van der Waals surface area contributed by atoms with Crippen molar-refractivity contribution in [3.05, 3.63) is 45.9 Å². The van der Waals surface area contributed by atoms with Gasteiger partial charge in [0.05, 0.1) is 6.04 Å². The molecule has 0 saturated heterocycles. The first-order valence-electron chi connectivity index (χ1n) is 7.31. The molecule has 1 aromatic heterocycles. The Morgan fingerprint density at radius 3 is 2.55 bits per heavy atom. The second-order valence-corrected chi connectivity index (χ2v) is 6.52. The van der Waals surface area contributed by atoms with Crippen LogP contribution in [-0.2, 0) is 6.42 Å². The first-order chi connectivity index (χ1) is 9.70. The Kier molecular flexibility index (Phi) is 5.68. The summed E-state index contributed by atoms with van der Waals surface area (Å²) in [5.74, 6) is 0.620. The molecule has 0 bridgehead atoms. The Morgan fingerprint density at radius 2 is 1.90 bits per heavy atom. The molecule has 0 amide bonds. The van der Waals surface area contributed by atoms with Crippen molar-refractivity contribution < 1.29 is 0 Å². The molecule has 0 radical (unpaired) electrons.